The summed E-state index contributed by atoms with van der Waals surface area (Å²) in [6, 6.07) is 0. The van der Waals surface area contributed by atoms with E-state index < -0.39 is 0 Å². The lowest BCUT2D eigenvalue weighted by Crippen LogP contribution is -2.07. The molecule has 1 N–H and O–H groups in total. The second-order valence-corrected chi connectivity index (χ2v) is 3.48. The molecule has 0 aromatic heterocycles. The van der Waals surface area contributed by atoms with E-state index in [2.05, 4.69) is 5.32 Å². The lowest BCUT2D eigenvalue weighted by atomic mass is 10.2. The predicted octanol–water partition coefficient (Wildman–Crippen LogP) is 1.82. The van der Waals surface area contributed by atoms with Gasteiger partial charge >= 0.3 is 0 Å². The summed E-state index contributed by atoms with van der Waals surface area (Å²) in [6.45, 7) is 3.69. The number of hydrogen-bond donors (Lipinski definition) is 1. The van der Waals surface area contributed by atoms with Gasteiger partial charge in [0.1, 0.15) is 0 Å². The minimum atomic E-state index is 0.808. The SMILES string of the molecule is CNCCCCCCOCCCOC. The zero-order chi connectivity index (χ0) is 10.5. The molecule has 0 saturated carbocycles. The molecular weight excluding hydrogens is 178 g/mol. The van der Waals surface area contributed by atoms with E-state index >= 15 is 0 Å². The molecule has 0 unspecified atom stereocenters. The van der Waals surface area contributed by atoms with Crippen LogP contribution in [0.25, 0.3) is 0 Å². The highest BCUT2D eigenvalue weighted by molar-refractivity contribution is 4.45. The number of methoxy groups -OCH3 is 1. The smallest absolute Gasteiger partial charge is 0.0487 e. The molecular formula is C11H25NO2. The molecule has 14 heavy (non-hydrogen) atoms. The molecule has 0 aromatic rings. The van der Waals surface area contributed by atoms with Gasteiger partial charge in [-0.2, -0.15) is 0 Å². The molecule has 86 valence electrons. The van der Waals surface area contributed by atoms with Gasteiger partial charge in [0.25, 0.3) is 0 Å². The van der Waals surface area contributed by atoms with E-state index in [1.165, 1.54) is 25.7 Å². The topological polar surface area (TPSA) is 30.5 Å². The van der Waals surface area contributed by atoms with Crippen LogP contribution in [0.4, 0.5) is 0 Å². The van der Waals surface area contributed by atoms with E-state index in [9.17, 15) is 0 Å². The van der Waals surface area contributed by atoms with E-state index in [1.807, 2.05) is 7.05 Å². The third-order valence-electron chi connectivity index (χ3n) is 2.10. The minimum Gasteiger partial charge on any atom is -0.385 e. The fraction of sp³-hybridized carbons (Fsp3) is 1.00. The van der Waals surface area contributed by atoms with Crippen molar-refractivity contribution in [2.75, 3.05) is 40.5 Å². The molecule has 0 atom stereocenters. The summed E-state index contributed by atoms with van der Waals surface area (Å²) >= 11 is 0. The van der Waals surface area contributed by atoms with E-state index in [-0.39, 0.29) is 0 Å². The Morgan fingerprint density at radius 3 is 2.29 bits per heavy atom. The number of hydrogen-bond acceptors (Lipinski definition) is 3. The van der Waals surface area contributed by atoms with Gasteiger partial charge in [0.2, 0.25) is 0 Å². The standard InChI is InChI=1S/C11H25NO2/c1-12-8-5-3-4-6-10-14-11-7-9-13-2/h12H,3-11H2,1-2H3. The van der Waals surface area contributed by atoms with E-state index in [4.69, 9.17) is 9.47 Å². The molecule has 0 heterocycles. The van der Waals surface area contributed by atoms with Crippen LogP contribution in [0.5, 0.6) is 0 Å². The number of ether oxygens (including phenoxy) is 2. The second-order valence-electron chi connectivity index (χ2n) is 3.48. The summed E-state index contributed by atoms with van der Waals surface area (Å²) in [7, 11) is 3.72. The maximum absolute atomic E-state index is 5.45. The number of nitrogens with one attached hydrogen (secondary N) is 1. The van der Waals surface area contributed by atoms with Crippen molar-refractivity contribution in [1.82, 2.24) is 5.32 Å². The zero-order valence-electron chi connectivity index (χ0n) is 9.68. The van der Waals surface area contributed by atoms with Crippen molar-refractivity contribution < 1.29 is 9.47 Å². The molecule has 0 bridgehead atoms. The van der Waals surface area contributed by atoms with Gasteiger partial charge in [-0.15, -0.1) is 0 Å². The first-order valence-corrected chi connectivity index (χ1v) is 5.63. The quantitative estimate of drug-likeness (QED) is 0.520. The molecule has 0 fully saturated rings. The monoisotopic (exact) mass is 203 g/mol. The average molecular weight is 203 g/mol. The lowest BCUT2D eigenvalue weighted by Gasteiger charge is -2.03. The Kier molecular flexibility index (Phi) is 12.8. The fourth-order valence-electron chi connectivity index (χ4n) is 1.27. The van der Waals surface area contributed by atoms with E-state index in [0.717, 1.165) is 32.8 Å². The normalized spacial score (nSPS) is 10.7. The lowest BCUT2D eigenvalue weighted by molar-refractivity contribution is 0.100. The van der Waals surface area contributed by atoms with Gasteiger partial charge in [0.05, 0.1) is 0 Å². The first kappa shape index (κ1) is 13.9. The van der Waals surface area contributed by atoms with Crippen LogP contribution in [-0.4, -0.2) is 40.5 Å². The van der Waals surface area contributed by atoms with Crippen molar-refractivity contribution >= 4 is 0 Å². The van der Waals surface area contributed by atoms with E-state index in [0.29, 0.717) is 0 Å². The highest BCUT2D eigenvalue weighted by Crippen LogP contribution is 1.99. The summed E-state index contributed by atoms with van der Waals surface area (Å²) in [5.41, 5.74) is 0. The highest BCUT2D eigenvalue weighted by Gasteiger charge is 1.91. The molecule has 0 aliphatic heterocycles. The molecule has 0 aromatic carbocycles. The predicted molar refractivity (Wildman–Crippen MR) is 59.7 cm³/mol. The molecule has 0 aliphatic rings. The van der Waals surface area contributed by atoms with Crippen molar-refractivity contribution in [3.05, 3.63) is 0 Å². The van der Waals surface area contributed by atoms with Gasteiger partial charge in [-0.3, -0.25) is 0 Å². The van der Waals surface area contributed by atoms with Crippen molar-refractivity contribution in [2.24, 2.45) is 0 Å². The van der Waals surface area contributed by atoms with Crippen molar-refractivity contribution in [2.45, 2.75) is 32.1 Å². The molecule has 3 nitrogen and oxygen atoms in total. The third kappa shape index (κ3) is 11.9. The second kappa shape index (κ2) is 12.9. The average Bonchev–Trinajstić information content (AvgIpc) is 2.21. The van der Waals surface area contributed by atoms with Crippen LogP contribution in [0.1, 0.15) is 32.1 Å². The van der Waals surface area contributed by atoms with Gasteiger partial charge < -0.3 is 14.8 Å². The maximum atomic E-state index is 5.45. The summed E-state index contributed by atoms with van der Waals surface area (Å²) < 4.78 is 10.4. The van der Waals surface area contributed by atoms with Crippen LogP contribution in [0, 0.1) is 0 Å². The summed E-state index contributed by atoms with van der Waals surface area (Å²) in [6.07, 6.45) is 6.07. The Hall–Kier alpha value is -0.120. The Morgan fingerprint density at radius 1 is 0.857 bits per heavy atom. The fourth-order valence-corrected chi connectivity index (χ4v) is 1.27. The summed E-state index contributed by atoms with van der Waals surface area (Å²) in [4.78, 5) is 0. The number of rotatable bonds is 11. The summed E-state index contributed by atoms with van der Waals surface area (Å²) in [5.74, 6) is 0. The molecule has 0 amide bonds. The Morgan fingerprint density at radius 2 is 1.57 bits per heavy atom. The van der Waals surface area contributed by atoms with Crippen LogP contribution in [-0.2, 0) is 9.47 Å². The van der Waals surface area contributed by atoms with Crippen molar-refractivity contribution in [1.29, 1.82) is 0 Å². The summed E-state index contributed by atoms with van der Waals surface area (Å²) in [5, 5.41) is 3.15. The highest BCUT2D eigenvalue weighted by atomic mass is 16.5. The Bertz CT molecular complexity index is 87.3. The van der Waals surface area contributed by atoms with Crippen molar-refractivity contribution in [3.63, 3.8) is 0 Å². The largest absolute Gasteiger partial charge is 0.385 e. The van der Waals surface area contributed by atoms with Crippen LogP contribution in [0.2, 0.25) is 0 Å². The molecule has 0 rings (SSSR count). The van der Waals surface area contributed by atoms with Crippen LogP contribution in [0.3, 0.4) is 0 Å². The van der Waals surface area contributed by atoms with Crippen LogP contribution in [0.15, 0.2) is 0 Å². The van der Waals surface area contributed by atoms with Gasteiger partial charge in [-0.1, -0.05) is 12.8 Å². The van der Waals surface area contributed by atoms with Crippen LogP contribution < -0.4 is 5.32 Å². The van der Waals surface area contributed by atoms with Crippen LogP contribution >= 0.6 is 0 Å². The first-order chi connectivity index (χ1) is 6.91. The van der Waals surface area contributed by atoms with Gasteiger partial charge in [-0.25, -0.2) is 0 Å². The van der Waals surface area contributed by atoms with Gasteiger partial charge in [0, 0.05) is 26.9 Å². The zero-order valence-corrected chi connectivity index (χ0v) is 9.68. The Labute approximate surface area is 88.2 Å². The first-order valence-electron chi connectivity index (χ1n) is 5.63. The molecule has 0 spiro atoms. The molecule has 0 radical (unpaired) electrons. The van der Waals surface area contributed by atoms with Gasteiger partial charge in [0.15, 0.2) is 0 Å². The maximum Gasteiger partial charge on any atom is 0.0487 e. The molecule has 0 saturated heterocycles. The van der Waals surface area contributed by atoms with E-state index in [1.54, 1.807) is 7.11 Å². The number of unbranched alkanes of at least 4 members (excludes halogenated alkanes) is 3. The Balaban J connectivity index is 2.78. The third-order valence-corrected chi connectivity index (χ3v) is 2.10. The van der Waals surface area contributed by atoms with Gasteiger partial charge in [-0.05, 0) is 32.9 Å². The molecule has 3 heteroatoms. The molecule has 0 aliphatic carbocycles. The van der Waals surface area contributed by atoms with Crippen molar-refractivity contribution in [3.8, 4) is 0 Å². The minimum absolute atomic E-state index is 0.808.